The fraction of sp³-hybridized carbons (Fsp3) is 0.0400. The van der Waals surface area contributed by atoms with E-state index in [1.165, 1.54) is 6.07 Å². The molecule has 28 heavy (non-hydrogen) atoms. The van der Waals surface area contributed by atoms with Crippen molar-refractivity contribution in [3.05, 3.63) is 113 Å². The molecule has 0 radical (unpaired) electrons. The Morgan fingerprint density at radius 1 is 0.643 bits per heavy atom. The van der Waals surface area contributed by atoms with E-state index in [-0.39, 0.29) is 5.82 Å². The lowest BCUT2D eigenvalue weighted by molar-refractivity contribution is 0.306. The average Bonchev–Trinajstić information content (AvgIpc) is 2.75. The van der Waals surface area contributed by atoms with Crippen LogP contribution < -0.4 is 4.74 Å². The fourth-order valence-electron chi connectivity index (χ4n) is 3.02. The van der Waals surface area contributed by atoms with Crippen molar-refractivity contribution in [2.24, 2.45) is 0 Å². The van der Waals surface area contributed by atoms with Crippen molar-refractivity contribution in [2.75, 3.05) is 0 Å². The van der Waals surface area contributed by atoms with Gasteiger partial charge in [-0.3, -0.25) is 0 Å². The minimum absolute atomic E-state index is 0.257. The largest absolute Gasteiger partial charge is 0.489 e. The van der Waals surface area contributed by atoms with Gasteiger partial charge in [-0.15, -0.1) is 0 Å². The van der Waals surface area contributed by atoms with Crippen molar-refractivity contribution >= 4 is 15.9 Å². The van der Waals surface area contributed by atoms with Crippen LogP contribution in [-0.2, 0) is 6.61 Å². The zero-order valence-electron chi connectivity index (χ0n) is 15.1. The summed E-state index contributed by atoms with van der Waals surface area (Å²) in [4.78, 5) is 0. The van der Waals surface area contributed by atoms with Gasteiger partial charge >= 0.3 is 0 Å². The molecular weight excluding hydrogens is 415 g/mol. The number of hydrogen-bond donors (Lipinski definition) is 0. The molecule has 4 aromatic carbocycles. The van der Waals surface area contributed by atoms with E-state index in [9.17, 15) is 4.39 Å². The van der Waals surface area contributed by atoms with Crippen LogP contribution in [0.3, 0.4) is 0 Å². The molecular formula is C25H18BrFO. The molecule has 0 aliphatic rings. The monoisotopic (exact) mass is 432 g/mol. The molecule has 0 saturated carbocycles. The second-order valence-corrected chi connectivity index (χ2v) is 7.36. The Balaban J connectivity index is 1.46. The van der Waals surface area contributed by atoms with E-state index >= 15 is 0 Å². The van der Waals surface area contributed by atoms with Crippen molar-refractivity contribution in [3.63, 3.8) is 0 Å². The molecule has 0 N–H and O–H groups in total. The van der Waals surface area contributed by atoms with Crippen LogP contribution in [0.4, 0.5) is 4.39 Å². The zero-order chi connectivity index (χ0) is 19.3. The highest BCUT2D eigenvalue weighted by atomic mass is 79.9. The van der Waals surface area contributed by atoms with Crippen LogP contribution in [0.5, 0.6) is 5.75 Å². The SMILES string of the molecule is Fc1cc(-c2ccc(-c3ccc(OCc4ccccc4)cc3)cc2)ccc1Br. The molecule has 0 bridgehead atoms. The van der Waals surface area contributed by atoms with Gasteiger partial charge in [-0.25, -0.2) is 4.39 Å². The Hall–Kier alpha value is -2.91. The molecule has 1 nitrogen and oxygen atoms in total. The second kappa shape index (κ2) is 8.41. The van der Waals surface area contributed by atoms with Crippen LogP contribution in [0.1, 0.15) is 5.56 Å². The van der Waals surface area contributed by atoms with Crippen LogP contribution >= 0.6 is 15.9 Å². The van der Waals surface area contributed by atoms with E-state index in [0.717, 1.165) is 33.6 Å². The fourth-order valence-corrected chi connectivity index (χ4v) is 3.26. The quantitative estimate of drug-likeness (QED) is 0.317. The van der Waals surface area contributed by atoms with Gasteiger partial charge in [0.1, 0.15) is 18.2 Å². The molecule has 4 rings (SSSR count). The van der Waals surface area contributed by atoms with Gasteiger partial charge in [0.2, 0.25) is 0 Å². The van der Waals surface area contributed by atoms with Gasteiger partial charge in [0, 0.05) is 0 Å². The van der Waals surface area contributed by atoms with Gasteiger partial charge in [0.25, 0.3) is 0 Å². The van der Waals surface area contributed by atoms with Crippen LogP contribution in [-0.4, -0.2) is 0 Å². The third kappa shape index (κ3) is 4.32. The van der Waals surface area contributed by atoms with E-state index in [2.05, 4.69) is 40.2 Å². The van der Waals surface area contributed by atoms with E-state index in [1.807, 2.05) is 60.7 Å². The van der Waals surface area contributed by atoms with E-state index in [1.54, 1.807) is 6.07 Å². The summed E-state index contributed by atoms with van der Waals surface area (Å²) in [6, 6.07) is 31.5. The Morgan fingerprint density at radius 2 is 1.18 bits per heavy atom. The first-order valence-corrected chi connectivity index (χ1v) is 9.81. The van der Waals surface area contributed by atoms with Crippen molar-refractivity contribution in [1.82, 2.24) is 0 Å². The summed E-state index contributed by atoms with van der Waals surface area (Å²) in [7, 11) is 0. The molecule has 0 aliphatic heterocycles. The number of halogens is 2. The summed E-state index contributed by atoms with van der Waals surface area (Å²) in [5.74, 6) is 0.585. The Morgan fingerprint density at radius 3 is 1.79 bits per heavy atom. The molecule has 0 amide bonds. The van der Waals surface area contributed by atoms with E-state index < -0.39 is 0 Å². The number of rotatable bonds is 5. The molecule has 0 fully saturated rings. The van der Waals surface area contributed by atoms with E-state index in [4.69, 9.17) is 4.74 Å². The van der Waals surface area contributed by atoms with Crippen molar-refractivity contribution in [3.8, 4) is 28.0 Å². The van der Waals surface area contributed by atoms with Gasteiger partial charge in [0.15, 0.2) is 0 Å². The first-order chi connectivity index (χ1) is 13.7. The average molecular weight is 433 g/mol. The van der Waals surface area contributed by atoms with Crippen LogP contribution in [0.15, 0.2) is 102 Å². The van der Waals surface area contributed by atoms with Gasteiger partial charge in [-0.2, -0.15) is 0 Å². The number of benzene rings is 4. The maximum atomic E-state index is 13.8. The van der Waals surface area contributed by atoms with Crippen molar-refractivity contribution < 1.29 is 9.13 Å². The predicted octanol–water partition coefficient (Wildman–Crippen LogP) is 7.50. The molecule has 0 atom stereocenters. The van der Waals surface area contributed by atoms with Crippen LogP contribution in [0.2, 0.25) is 0 Å². The van der Waals surface area contributed by atoms with Gasteiger partial charge in [-0.05, 0) is 68.0 Å². The lowest BCUT2D eigenvalue weighted by Crippen LogP contribution is -1.94. The molecule has 0 aliphatic carbocycles. The number of hydrogen-bond acceptors (Lipinski definition) is 1. The smallest absolute Gasteiger partial charge is 0.137 e. The first-order valence-electron chi connectivity index (χ1n) is 9.02. The number of ether oxygens (including phenoxy) is 1. The summed E-state index contributed by atoms with van der Waals surface area (Å²) in [5.41, 5.74) is 5.21. The van der Waals surface area contributed by atoms with Gasteiger partial charge in [-0.1, -0.05) is 72.8 Å². The molecule has 3 heteroatoms. The first kappa shape index (κ1) is 18.5. The summed E-state index contributed by atoms with van der Waals surface area (Å²) >= 11 is 3.19. The van der Waals surface area contributed by atoms with Gasteiger partial charge < -0.3 is 4.74 Å². The van der Waals surface area contributed by atoms with Crippen LogP contribution in [0, 0.1) is 5.82 Å². The third-order valence-electron chi connectivity index (χ3n) is 4.57. The summed E-state index contributed by atoms with van der Waals surface area (Å²) < 4.78 is 20.1. The molecule has 0 saturated heterocycles. The maximum absolute atomic E-state index is 13.8. The minimum Gasteiger partial charge on any atom is -0.489 e. The van der Waals surface area contributed by atoms with Gasteiger partial charge in [0.05, 0.1) is 4.47 Å². The summed E-state index contributed by atoms with van der Waals surface area (Å²) in [6.45, 7) is 0.554. The topological polar surface area (TPSA) is 9.23 Å². The molecule has 0 spiro atoms. The summed E-state index contributed by atoms with van der Waals surface area (Å²) in [6.07, 6.45) is 0. The molecule has 0 heterocycles. The maximum Gasteiger partial charge on any atom is 0.137 e. The predicted molar refractivity (Wildman–Crippen MR) is 116 cm³/mol. The van der Waals surface area contributed by atoms with E-state index in [0.29, 0.717) is 11.1 Å². The highest BCUT2D eigenvalue weighted by molar-refractivity contribution is 9.10. The third-order valence-corrected chi connectivity index (χ3v) is 5.22. The molecule has 138 valence electrons. The normalized spacial score (nSPS) is 10.6. The Kier molecular flexibility index (Phi) is 5.54. The Bertz CT molecular complexity index is 1060. The van der Waals surface area contributed by atoms with Crippen molar-refractivity contribution in [1.29, 1.82) is 0 Å². The molecule has 0 unspecified atom stereocenters. The minimum atomic E-state index is -0.257. The zero-order valence-corrected chi connectivity index (χ0v) is 16.7. The Labute approximate surface area is 172 Å². The van der Waals surface area contributed by atoms with Crippen LogP contribution in [0.25, 0.3) is 22.3 Å². The lowest BCUT2D eigenvalue weighted by Gasteiger charge is -2.09. The molecule has 0 aromatic heterocycles. The summed E-state index contributed by atoms with van der Waals surface area (Å²) in [5, 5.41) is 0. The second-order valence-electron chi connectivity index (χ2n) is 6.50. The highest BCUT2D eigenvalue weighted by Crippen LogP contribution is 2.28. The standard InChI is InChI=1S/C25H18BrFO/c26-24-15-12-22(16-25(24)27)21-8-6-19(7-9-21)20-10-13-23(14-11-20)28-17-18-4-2-1-3-5-18/h1-16H,17H2. The molecule has 4 aromatic rings. The highest BCUT2D eigenvalue weighted by Gasteiger charge is 2.04. The van der Waals surface area contributed by atoms with Crippen molar-refractivity contribution in [2.45, 2.75) is 6.61 Å². The lowest BCUT2D eigenvalue weighted by atomic mass is 10.0.